The molecule has 2 amide bonds. The molecule has 0 unspecified atom stereocenters. The van der Waals surface area contributed by atoms with E-state index < -0.39 is 16.4 Å². The average Bonchev–Trinajstić information content (AvgIpc) is 2.77. The molecule has 0 radical (unpaired) electrons. The Morgan fingerprint density at radius 3 is 1.94 bits per heavy atom. The van der Waals surface area contributed by atoms with Gasteiger partial charge in [0.2, 0.25) is 0 Å². The molecule has 34 heavy (non-hydrogen) atoms. The highest BCUT2D eigenvalue weighted by molar-refractivity contribution is 7.80. The van der Waals surface area contributed by atoms with Gasteiger partial charge in [-0.05, 0) is 37.1 Å². The van der Waals surface area contributed by atoms with Gasteiger partial charge >= 0.3 is 16.4 Å². The number of hydrogen-bond acceptors (Lipinski definition) is 4. The highest BCUT2D eigenvalue weighted by Gasteiger charge is 2.03. The minimum Gasteiger partial charge on any atom is -0.387 e. The largest absolute Gasteiger partial charge is 0.397 e. The minimum atomic E-state index is -4.23. The van der Waals surface area contributed by atoms with Crippen molar-refractivity contribution in [1.82, 2.24) is 0 Å². The number of carbonyl (C=O) groups excluding carboxylic acids is 1. The molecule has 1 rings (SSSR count). The van der Waals surface area contributed by atoms with Crippen LogP contribution in [-0.2, 0) is 14.6 Å². The molecule has 10 heteroatoms. The van der Waals surface area contributed by atoms with Crippen molar-refractivity contribution in [2.45, 2.75) is 97.3 Å². The number of benzene rings is 1. The lowest BCUT2D eigenvalue weighted by Gasteiger charge is -2.02. The van der Waals surface area contributed by atoms with Gasteiger partial charge in [-0.3, -0.25) is 4.55 Å². The van der Waals surface area contributed by atoms with E-state index in [0.29, 0.717) is 29.4 Å². The molecule has 8 nitrogen and oxygen atoms in total. The molecule has 1 aromatic carbocycles. The molecule has 0 aromatic heterocycles. The smallest absolute Gasteiger partial charge is 0.387 e. The maximum Gasteiger partial charge on any atom is 0.397 e. The number of amides is 2. The van der Waals surface area contributed by atoms with E-state index in [1.807, 2.05) is 0 Å². The summed E-state index contributed by atoms with van der Waals surface area (Å²) in [6.45, 7) is 4.37. The lowest BCUT2D eigenvalue weighted by Crippen LogP contribution is -2.17. The minimum absolute atomic E-state index is 0.0926. The lowest BCUT2D eigenvalue weighted by molar-refractivity contribution is 0.259. The van der Waals surface area contributed by atoms with Crippen molar-refractivity contribution in [2.75, 3.05) is 11.9 Å². The molecule has 0 spiro atoms. The zero-order valence-corrected chi connectivity index (χ0v) is 22.2. The number of urea groups is 1. The molecule has 196 valence electrons. The van der Waals surface area contributed by atoms with Crippen molar-refractivity contribution in [1.29, 1.82) is 0 Å². The molecule has 0 aliphatic carbocycles. The van der Waals surface area contributed by atoms with Gasteiger partial charge in [0, 0.05) is 17.1 Å². The number of hydrogen-bond donors (Lipinski definition) is 3. The number of halogens is 1. The van der Waals surface area contributed by atoms with Crippen LogP contribution in [-0.4, -0.2) is 31.4 Å². The van der Waals surface area contributed by atoms with E-state index in [1.54, 1.807) is 24.3 Å². The first-order valence-corrected chi connectivity index (χ1v) is 13.9. The molecule has 4 N–H and O–H groups in total. The molecule has 0 aliphatic heterocycles. The van der Waals surface area contributed by atoms with E-state index >= 15 is 0 Å². The monoisotopic (exact) mass is 519 g/mol. The van der Waals surface area contributed by atoms with Crippen molar-refractivity contribution in [3.05, 3.63) is 29.3 Å². The topological polar surface area (TPSA) is 131 Å². The average molecular weight is 520 g/mol. The molecular weight excluding hydrogens is 478 g/mol. The fraction of sp³-hybridized carbons (Fsp3) is 0.667. The summed E-state index contributed by atoms with van der Waals surface area (Å²) >= 11 is 5.73. The van der Waals surface area contributed by atoms with Crippen LogP contribution in [0.4, 0.5) is 10.5 Å². The fourth-order valence-corrected chi connectivity index (χ4v) is 3.44. The third kappa shape index (κ3) is 22.1. The van der Waals surface area contributed by atoms with Gasteiger partial charge in [0.05, 0.1) is 6.61 Å². The number of nitrogens with zero attached hydrogens (tertiary/aromatic N) is 1. The van der Waals surface area contributed by atoms with E-state index in [2.05, 4.69) is 28.3 Å². The number of amidine groups is 1. The second-order valence-electron chi connectivity index (χ2n) is 8.08. The molecule has 0 heterocycles. The van der Waals surface area contributed by atoms with Crippen LogP contribution in [0, 0.1) is 0 Å². The summed E-state index contributed by atoms with van der Waals surface area (Å²) < 4.78 is 33.0. The summed E-state index contributed by atoms with van der Waals surface area (Å²) in [4.78, 5) is 15.2. The van der Waals surface area contributed by atoms with Gasteiger partial charge in [-0.2, -0.15) is 13.4 Å². The number of unbranched alkanes of at least 4 members (excludes halogenated alkanes) is 10. The van der Waals surface area contributed by atoms with Crippen molar-refractivity contribution in [3.8, 4) is 0 Å². The Kier molecular flexibility index (Phi) is 19.7. The molecular formula is C24H42ClN3O5S. The van der Waals surface area contributed by atoms with Crippen LogP contribution in [0.1, 0.15) is 97.3 Å². The first-order valence-electron chi connectivity index (χ1n) is 12.2. The van der Waals surface area contributed by atoms with Crippen LogP contribution in [0.3, 0.4) is 0 Å². The quantitative estimate of drug-likeness (QED) is 0.0919. The van der Waals surface area contributed by atoms with Gasteiger partial charge in [0.15, 0.2) is 0 Å². The van der Waals surface area contributed by atoms with Crippen molar-refractivity contribution >= 4 is 39.6 Å². The van der Waals surface area contributed by atoms with Crippen molar-refractivity contribution in [3.63, 3.8) is 0 Å². The maximum atomic E-state index is 11.5. The Balaban J connectivity index is 0.000000641. The van der Waals surface area contributed by atoms with Gasteiger partial charge in [0.25, 0.3) is 0 Å². The zero-order valence-electron chi connectivity index (χ0n) is 20.6. The van der Waals surface area contributed by atoms with Crippen LogP contribution in [0.2, 0.25) is 5.02 Å². The molecule has 1 aromatic rings. The molecule has 0 bridgehead atoms. The van der Waals surface area contributed by atoms with Crippen LogP contribution < -0.4 is 11.1 Å². The molecule has 0 atom stereocenters. The Bertz CT molecular complexity index is 786. The third-order valence-corrected chi connectivity index (χ3v) is 5.57. The van der Waals surface area contributed by atoms with E-state index in [4.69, 9.17) is 21.9 Å². The molecule has 0 saturated heterocycles. The van der Waals surface area contributed by atoms with E-state index in [0.717, 1.165) is 25.7 Å². The normalized spacial score (nSPS) is 11.6. The Labute approximate surface area is 210 Å². The summed E-state index contributed by atoms with van der Waals surface area (Å²) in [6.07, 6.45) is 14.5. The summed E-state index contributed by atoms with van der Waals surface area (Å²) in [5.74, 6) is 0.360. The number of anilines is 1. The van der Waals surface area contributed by atoms with Crippen LogP contribution in [0.25, 0.3) is 0 Å². The third-order valence-electron chi connectivity index (χ3n) is 4.86. The fourth-order valence-electron chi connectivity index (χ4n) is 2.98. The van der Waals surface area contributed by atoms with E-state index in [1.165, 1.54) is 44.9 Å². The van der Waals surface area contributed by atoms with Crippen LogP contribution in [0.5, 0.6) is 0 Å². The highest BCUT2D eigenvalue weighted by atomic mass is 35.5. The molecule has 0 aliphatic rings. The molecule has 0 fully saturated rings. The molecule has 0 saturated carbocycles. The summed E-state index contributed by atoms with van der Waals surface area (Å²) in [5.41, 5.74) is 6.25. The summed E-state index contributed by atoms with van der Waals surface area (Å²) in [5, 5.41) is 3.23. The van der Waals surface area contributed by atoms with Crippen molar-refractivity contribution in [2.24, 2.45) is 10.7 Å². The number of nitrogens with one attached hydrogen (secondary N) is 1. The second kappa shape index (κ2) is 20.7. The van der Waals surface area contributed by atoms with Gasteiger partial charge in [0.1, 0.15) is 5.84 Å². The standard InChI is InChI=1S/C12H16ClN3O.C12H26O4S/c1-2-3-4-11(14)16-12(17)15-10-7-5-9(13)6-8-10;1-2-3-4-5-6-7-8-9-10-11-12-16-17(13,14)15/h5-8H,2-4H2,1H3,(H3,14,15,16,17);2-12H2,1H3,(H,13,14,15). The van der Waals surface area contributed by atoms with Gasteiger partial charge in [-0.1, -0.05) is 89.7 Å². The zero-order chi connectivity index (χ0) is 25.7. The Morgan fingerprint density at radius 2 is 1.44 bits per heavy atom. The second-order valence-corrected chi connectivity index (χ2v) is 9.60. The number of rotatable bonds is 16. The predicted molar refractivity (Wildman–Crippen MR) is 141 cm³/mol. The van der Waals surface area contributed by atoms with Crippen LogP contribution in [0.15, 0.2) is 29.3 Å². The van der Waals surface area contributed by atoms with Crippen molar-refractivity contribution < 1.29 is 21.9 Å². The first-order chi connectivity index (χ1) is 16.2. The van der Waals surface area contributed by atoms with Gasteiger partial charge in [-0.15, -0.1) is 0 Å². The van der Waals surface area contributed by atoms with Crippen LogP contribution >= 0.6 is 11.6 Å². The lowest BCUT2D eigenvalue weighted by atomic mass is 10.1. The SMILES string of the molecule is CCCC/C(N)=N\C(=O)Nc1ccc(Cl)cc1.CCCCCCCCCCCCOS(=O)(=O)O. The van der Waals surface area contributed by atoms with E-state index in [-0.39, 0.29) is 6.61 Å². The number of carbonyl (C=O) groups is 1. The van der Waals surface area contributed by atoms with E-state index in [9.17, 15) is 13.2 Å². The Morgan fingerprint density at radius 1 is 0.941 bits per heavy atom. The maximum absolute atomic E-state index is 11.5. The number of nitrogens with two attached hydrogens (primary N) is 1. The first kappa shape index (κ1) is 32.3. The summed E-state index contributed by atoms with van der Waals surface area (Å²) in [7, 11) is -4.23. The van der Waals surface area contributed by atoms with Gasteiger partial charge < -0.3 is 11.1 Å². The summed E-state index contributed by atoms with van der Waals surface area (Å²) in [6, 6.07) is 6.35. The predicted octanol–water partition coefficient (Wildman–Crippen LogP) is 7.15. The highest BCUT2D eigenvalue weighted by Crippen LogP contribution is 2.13. The Hall–Kier alpha value is -1.68. The van der Waals surface area contributed by atoms with Gasteiger partial charge in [-0.25, -0.2) is 8.98 Å². The number of aliphatic imine (C=N–C) groups is 1.